The highest BCUT2D eigenvalue weighted by Crippen LogP contribution is 2.32. The van der Waals surface area contributed by atoms with E-state index >= 15 is 0 Å². The number of ketones is 1. The second-order valence-corrected chi connectivity index (χ2v) is 10.7. The third-order valence-electron chi connectivity index (χ3n) is 6.84. The molecule has 3 aromatic carbocycles. The number of anilines is 1. The topological polar surface area (TPSA) is 100.0 Å². The van der Waals surface area contributed by atoms with Gasteiger partial charge < -0.3 is 20.5 Å². The van der Waals surface area contributed by atoms with Crippen LogP contribution in [0.3, 0.4) is 0 Å². The number of halogens is 4. The highest BCUT2D eigenvalue weighted by Gasteiger charge is 2.34. The van der Waals surface area contributed by atoms with Crippen LogP contribution in [0, 0.1) is 17.2 Å². The van der Waals surface area contributed by atoms with Crippen molar-refractivity contribution in [3.05, 3.63) is 118 Å². The second kappa shape index (κ2) is 14.3. The first kappa shape index (κ1) is 31.7. The Balaban J connectivity index is 1.54. The molecule has 4 rings (SSSR count). The molecule has 0 unspecified atom stereocenters. The van der Waals surface area contributed by atoms with Gasteiger partial charge in [-0.1, -0.05) is 41.9 Å². The van der Waals surface area contributed by atoms with Crippen LogP contribution in [0.4, 0.5) is 18.9 Å². The number of imidazole rings is 1. The number of carbonyl (C=O) groups is 1. The van der Waals surface area contributed by atoms with Crippen molar-refractivity contribution in [3.63, 3.8) is 0 Å². The molecule has 0 aliphatic heterocycles. The van der Waals surface area contributed by atoms with Crippen LogP contribution in [0.2, 0.25) is 5.02 Å². The summed E-state index contributed by atoms with van der Waals surface area (Å²) in [4.78, 5) is 19.2. The Morgan fingerprint density at radius 1 is 1.12 bits per heavy atom. The number of rotatable bonds is 11. The zero-order chi connectivity index (χ0) is 31.0. The fourth-order valence-electron chi connectivity index (χ4n) is 4.51. The number of hydrogen-bond donors (Lipinski definition) is 2. The minimum atomic E-state index is -4.57. The van der Waals surface area contributed by atoms with Crippen molar-refractivity contribution in [2.24, 2.45) is 11.7 Å². The number of carbonyl (C=O) groups excluding carboxylic acids is 1. The van der Waals surface area contributed by atoms with Gasteiger partial charge in [-0.2, -0.15) is 18.4 Å². The quantitative estimate of drug-likeness (QED) is 0.196. The van der Waals surface area contributed by atoms with Crippen molar-refractivity contribution in [1.82, 2.24) is 14.5 Å². The molecule has 7 nitrogen and oxygen atoms in total. The summed E-state index contributed by atoms with van der Waals surface area (Å²) in [5, 5.41) is 12.7. The van der Waals surface area contributed by atoms with Gasteiger partial charge in [0.05, 0.1) is 23.5 Å². The maximum Gasteiger partial charge on any atom is 0.416 e. The van der Waals surface area contributed by atoms with E-state index in [-0.39, 0.29) is 42.5 Å². The first-order valence-electron chi connectivity index (χ1n) is 13.2. The Morgan fingerprint density at radius 3 is 2.47 bits per heavy atom. The number of nitrogens with one attached hydrogen (secondary N) is 1. The summed E-state index contributed by atoms with van der Waals surface area (Å²) in [5.74, 6) is -0.936. The van der Waals surface area contributed by atoms with E-state index in [1.165, 1.54) is 23.1 Å². The third-order valence-corrected chi connectivity index (χ3v) is 7.45. The number of nitriles is 1. The average molecular weight is 625 g/mol. The summed E-state index contributed by atoms with van der Waals surface area (Å²) >= 11 is 11.6. The molecule has 0 radical (unpaired) electrons. The summed E-state index contributed by atoms with van der Waals surface area (Å²) in [6, 6.07) is 21.1. The standard InChI is InChI=1S/C31H28ClF3N6OS/c32-25-9-11-26(12-10-25)39-30(43)40(18-23-3-1-2-4-28(23)31(33,34)35)19-24(15-37)29(42)13-27-16-38-20-41(27)17-22-7-5-21(14-36)6-8-22/h1-12,16,20,24H,13,15,17-19,37H2,(H,39,43)/t24-/m0/s1. The van der Waals surface area contributed by atoms with E-state index in [1.54, 1.807) is 48.9 Å². The highest BCUT2D eigenvalue weighted by molar-refractivity contribution is 7.80. The van der Waals surface area contributed by atoms with E-state index in [9.17, 15) is 18.0 Å². The number of benzene rings is 3. The molecular weight excluding hydrogens is 597 g/mol. The van der Waals surface area contributed by atoms with E-state index in [0.29, 0.717) is 28.5 Å². The number of nitrogens with two attached hydrogens (primary N) is 1. The van der Waals surface area contributed by atoms with Crippen LogP contribution in [0.15, 0.2) is 85.3 Å². The molecule has 0 amide bonds. The summed E-state index contributed by atoms with van der Waals surface area (Å²) in [6.07, 6.45) is -1.34. The molecule has 0 fully saturated rings. The van der Waals surface area contributed by atoms with E-state index in [2.05, 4.69) is 16.4 Å². The van der Waals surface area contributed by atoms with Crippen LogP contribution in [-0.2, 0) is 30.5 Å². The first-order chi connectivity index (χ1) is 20.6. The number of nitrogens with zero attached hydrogens (tertiary/aromatic N) is 4. The molecule has 1 heterocycles. The van der Waals surface area contributed by atoms with Gasteiger partial charge >= 0.3 is 6.18 Å². The SMILES string of the molecule is N#Cc1ccc(Cn2cncc2CC(=O)[C@@H](CN)CN(Cc2ccccc2C(F)(F)F)C(=S)Nc2ccc(Cl)cc2)cc1. The second-order valence-electron chi connectivity index (χ2n) is 9.87. The Bertz CT molecular complexity index is 1600. The van der Waals surface area contributed by atoms with Gasteiger partial charge in [-0.05, 0) is 65.8 Å². The van der Waals surface area contributed by atoms with Crippen LogP contribution in [-0.4, -0.2) is 38.4 Å². The van der Waals surface area contributed by atoms with Crippen LogP contribution >= 0.6 is 23.8 Å². The van der Waals surface area contributed by atoms with Gasteiger partial charge in [0.1, 0.15) is 5.78 Å². The Kier molecular flexibility index (Phi) is 10.5. The molecule has 12 heteroatoms. The summed E-state index contributed by atoms with van der Waals surface area (Å²) < 4.78 is 43.3. The number of aromatic nitrogens is 2. The lowest BCUT2D eigenvalue weighted by atomic mass is 9.99. The molecule has 0 aliphatic carbocycles. The minimum Gasteiger partial charge on any atom is -0.344 e. The Labute approximate surface area is 257 Å². The smallest absolute Gasteiger partial charge is 0.344 e. The van der Waals surface area contributed by atoms with Crippen molar-refractivity contribution in [2.75, 3.05) is 18.4 Å². The van der Waals surface area contributed by atoms with Crippen LogP contribution in [0.25, 0.3) is 0 Å². The van der Waals surface area contributed by atoms with E-state index < -0.39 is 17.7 Å². The molecule has 1 atom stereocenters. The molecule has 222 valence electrons. The molecule has 0 saturated carbocycles. The lowest BCUT2D eigenvalue weighted by Gasteiger charge is -2.30. The Hall–Kier alpha value is -4.24. The highest BCUT2D eigenvalue weighted by atomic mass is 35.5. The predicted molar refractivity (Wildman–Crippen MR) is 163 cm³/mol. The van der Waals surface area contributed by atoms with Gasteiger partial charge in [0.2, 0.25) is 0 Å². The molecule has 4 aromatic rings. The molecule has 0 bridgehead atoms. The minimum absolute atomic E-state index is 0.00922. The van der Waals surface area contributed by atoms with Gasteiger partial charge in [-0.3, -0.25) is 4.79 Å². The fraction of sp³-hybridized carbons (Fsp3) is 0.226. The molecule has 0 saturated heterocycles. The molecule has 0 spiro atoms. The fourth-order valence-corrected chi connectivity index (χ4v) is 4.89. The molecule has 0 aliphatic rings. The predicted octanol–water partition coefficient (Wildman–Crippen LogP) is 6.06. The normalized spacial score (nSPS) is 11.9. The molecule has 1 aromatic heterocycles. The van der Waals surface area contributed by atoms with Gasteiger partial charge in [0.25, 0.3) is 0 Å². The van der Waals surface area contributed by atoms with Crippen molar-refractivity contribution in [3.8, 4) is 6.07 Å². The van der Waals surface area contributed by atoms with Crippen molar-refractivity contribution in [1.29, 1.82) is 5.26 Å². The van der Waals surface area contributed by atoms with E-state index in [1.807, 2.05) is 16.7 Å². The van der Waals surface area contributed by atoms with E-state index in [0.717, 1.165) is 11.6 Å². The van der Waals surface area contributed by atoms with Gasteiger partial charge in [0.15, 0.2) is 5.11 Å². The number of alkyl halides is 3. The summed E-state index contributed by atoms with van der Waals surface area (Å²) in [7, 11) is 0. The van der Waals surface area contributed by atoms with Gasteiger partial charge in [-0.25, -0.2) is 4.98 Å². The number of Topliss-reactive ketones (excluding diaryl/α,β-unsaturated/α-hetero) is 1. The largest absolute Gasteiger partial charge is 0.416 e. The number of thiocarbonyl (C=S) groups is 1. The molecular formula is C31H28ClF3N6OS. The lowest BCUT2D eigenvalue weighted by molar-refractivity contribution is -0.138. The number of hydrogen-bond acceptors (Lipinski definition) is 5. The van der Waals surface area contributed by atoms with Gasteiger partial charge in [-0.15, -0.1) is 0 Å². The van der Waals surface area contributed by atoms with Crippen LogP contribution in [0.1, 0.15) is 27.9 Å². The Morgan fingerprint density at radius 2 is 1.81 bits per heavy atom. The van der Waals surface area contributed by atoms with Crippen LogP contribution in [0.5, 0.6) is 0 Å². The lowest BCUT2D eigenvalue weighted by Crippen LogP contribution is -2.43. The van der Waals surface area contributed by atoms with Crippen LogP contribution < -0.4 is 11.1 Å². The van der Waals surface area contributed by atoms with E-state index in [4.69, 9.17) is 34.8 Å². The monoisotopic (exact) mass is 624 g/mol. The summed E-state index contributed by atoms with van der Waals surface area (Å²) in [5.41, 5.74) is 7.99. The zero-order valence-electron chi connectivity index (χ0n) is 22.9. The molecule has 3 N–H and O–H groups in total. The molecule has 43 heavy (non-hydrogen) atoms. The van der Waals surface area contributed by atoms with Crippen molar-refractivity contribution >= 4 is 40.4 Å². The van der Waals surface area contributed by atoms with Gasteiger partial charge in [0, 0.05) is 61.1 Å². The first-order valence-corrected chi connectivity index (χ1v) is 14.0. The van der Waals surface area contributed by atoms with Crippen molar-refractivity contribution < 1.29 is 18.0 Å². The van der Waals surface area contributed by atoms with Crippen molar-refractivity contribution in [2.45, 2.75) is 25.7 Å². The third kappa shape index (κ3) is 8.64. The maximum atomic E-state index is 13.8. The maximum absolute atomic E-state index is 13.8. The summed E-state index contributed by atoms with van der Waals surface area (Å²) in [6.45, 7) is 0.195. The zero-order valence-corrected chi connectivity index (χ0v) is 24.5. The average Bonchev–Trinajstić information content (AvgIpc) is 3.42.